The third-order valence-corrected chi connectivity index (χ3v) is 3.64. The quantitative estimate of drug-likeness (QED) is 0.407. The second-order valence-corrected chi connectivity index (χ2v) is 5.13. The van der Waals surface area contributed by atoms with Crippen molar-refractivity contribution in [3.63, 3.8) is 0 Å². The van der Waals surface area contributed by atoms with Gasteiger partial charge in [-0.1, -0.05) is 0 Å². The molecule has 0 bridgehead atoms. The topological polar surface area (TPSA) is 12.0 Å². The Bertz CT molecular complexity index is 91.1. The van der Waals surface area contributed by atoms with Crippen LogP contribution in [0.25, 0.3) is 0 Å². The zero-order valence-corrected chi connectivity index (χ0v) is 7.78. The average molecular weight is 238 g/mol. The molecular weight excluding hydrogens is 225 g/mol. The van der Waals surface area contributed by atoms with Crippen molar-refractivity contribution in [2.45, 2.75) is 25.7 Å². The van der Waals surface area contributed by atoms with Gasteiger partial charge >= 0.3 is 67.4 Å². The summed E-state index contributed by atoms with van der Waals surface area (Å²) in [7, 11) is 0. The number of halogens is 1. The van der Waals surface area contributed by atoms with Gasteiger partial charge in [0.15, 0.2) is 0 Å². The SMILES string of the molecule is C=C1CCCCCN[I-]1. The van der Waals surface area contributed by atoms with E-state index < -0.39 is 0 Å². The molecule has 9 heavy (non-hydrogen) atoms. The fraction of sp³-hybridized carbons (Fsp3) is 0.714. The van der Waals surface area contributed by atoms with E-state index in [1.165, 1.54) is 35.8 Å². The van der Waals surface area contributed by atoms with Gasteiger partial charge in [-0.2, -0.15) is 0 Å². The molecule has 0 spiro atoms. The van der Waals surface area contributed by atoms with Crippen LogP contribution in [-0.4, -0.2) is 6.54 Å². The zero-order valence-electron chi connectivity index (χ0n) is 5.62. The van der Waals surface area contributed by atoms with Crippen molar-refractivity contribution in [2.75, 3.05) is 6.54 Å². The van der Waals surface area contributed by atoms with E-state index >= 15 is 0 Å². The fourth-order valence-corrected chi connectivity index (χ4v) is 2.72. The molecule has 1 N–H and O–H groups in total. The van der Waals surface area contributed by atoms with Crippen LogP contribution in [0.4, 0.5) is 0 Å². The average Bonchev–Trinajstić information content (AvgIpc) is 1.79. The molecule has 54 valence electrons. The summed E-state index contributed by atoms with van der Waals surface area (Å²) in [6, 6.07) is 0. The Kier molecular flexibility index (Phi) is 3.58. The third kappa shape index (κ3) is 3.20. The predicted molar refractivity (Wildman–Crippen MR) is 35.6 cm³/mol. The van der Waals surface area contributed by atoms with Gasteiger partial charge in [0.25, 0.3) is 0 Å². The van der Waals surface area contributed by atoms with Crippen molar-refractivity contribution in [2.24, 2.45) is 0 Å². The monoisotopic (exact) mass is 238 g/mol. The molecule has 1 rings (SSSR count). The Balaban J connectivity index is 2.20. The van der Waals surface area contributed by atoms with Crippen LogP contribution in [-0.2, 0) is 0 Å². The maximum atomic E-state index is 4.00. The van der Waals surface area contributed by atoms with Gasteiger partial charge < -0.3 is 0 Å². The van der Waals surface area contributed by atoms with Crippen LogP contribution >= 0.6 is 0 Å². The van der Waals surface area contributed by atoms with E-state index in [0.717, 1.165) is 0 Å². The van der Waals surface area contributed by atoms with Crippen molar-refractivity contribution < 1.29 is 21.5 Å². The first kappa shape index (κ1) is 7.54. The van der Waals surface area contributed by atoms with E-state index in [-0.39, 0.29) is 21.5 Å². The van der Waals surface area contributed by atoms with Crippen LogP contribution in [0.3, 0.4) is 0 Å². The van der Waals surface area contributed by atoms with Gasteiger partial charge in [0, 0.05) is 0 Å². The molecule has 1 aliphatic rings. The first-order valence-corrected chi connectivity index (χ1v) is 5.60. The molecule has 1 nitrogen and oxygen atoms in total. The Morgan fingerprint density at radius 1 is 1.33 bits per heavy atom. The predicted octanol–water partition coefficient (Wildman–Crippen LogP) is -1.33. The molecule has 1 saturated heterocycles. The fourth-order valence-electron chi connectivity index (χ4n) is 0.874. The Hall–Kier alpha value is 0.430. The first-order valence-electron chi connectivity index (χ1n) is 3.44. The number of allylic oxidation sites excluding steroid dienone is 1. The number of rotatable bonds is 0. The zero-order chi connectivity index (χ0) is 6.53. The first-order chi connectivity index (χ1) is 4.39. The molecule has 0 aliphatic carbocycles. The van der Waals surface area contributed by atoms with E-state index in [4.69, 9.17) is 0 Å². The molecule has 1 heterocycles. The summed E-state index contributed by atoms with van der Waals surface area (Å²) < 4.78 is 4.93. The maximum absolute atomic E-state index is 4.00. The van der Waals surface area contributed by atoms with Crippen LogP contribution in [0.15, 0.2) is 10.2 Å². The van der Waals surface area contributed by atoms with E-state index in [0.29, 0.717) is 0 Å². The molecule has 2 heteroatoms. The van der Waals surface area contributed by atoms with E-state index in [9.17, 15) is 0 Å². The molecule has 0 aromatic heterocycles. The summed E-state index contributed by atoms with van der Waals surface area (Å²) in [5.74, 6) is 0. The molecule has 0 atom stereocenters. The summed E-state index contributed by atoms with van der Waals surface area (Å²) in [6.07, 6.45) is 5.41. The number of hydrogen-bond donors (Lipinski definition) is 1. The summed E-state index contributed by atoms with van der Waals surface area (Å²) >= 11 is 0.162. The van der Waals surface area contributed by atoms with Gasteiger partial charge in [-0.3, -0.25) is 0 Å². The van der Waals surface area contributed by atoms with E-state index in [1.54, 1.807) is 0 Å². The van der Waals surface area contributed by atoms with Crippen LogP contribution in [0.1, 0.15) is 25.7 Å². The van der Waals surface area contributed by atoms with Crippen LogP contribution in [0, 0.1) is 0 Å². The Morgan fingerprint density at radius 2 is 2.22 bits per heavy atom. The van der Waals surface area contributed by atoms with Crippen molar-refractivity contribution in [1.82, 2.24) is 3.53 Å². The summed E-state index contributed by atoms with van der Waals surface area (Å²) in [5, 5.41) is 0. The van der Waals surface area contributed by atoms with E-state index in [2.05, 4.69) is 10.1 Å². The summed E-state index contributed by atoms with van der Waals surface area (Å²) in [6.45, 7) is 5.23. The molecule has 0 unspecified atom stereocenters. The second-order valence-electron chi connectivity index (χ2n) is 2.31. The van der Waals surface area contributed by atoms with Crippen molar-refractivity contribution >= 4 is 0 Å². The molecule has 1 fully saturated rings. The normalized spacial score (nSPS) is 23.8. The summed E-state index contributed by atoms with van der Waals surface area (Å²) in [5.41, 5.74) is 0. The molecule has 0 saturated carbocycles. The van der Waals surface area contributed by atoms with Gasteiger partial charge in [0.1, 0.15) is 0 Å². The van der Waals surface area contributed by atoms with Gasteiger partial charge in [-0.05, 0) is 0 Å². The molecule has 0 aromatic rings. The minimum absolute atomic E-state index is 0.162. The summed E-state index contributed by atoms with van der Waals surface area (Å²) in [4.78, 5) is 0. The van der Waals surface area contributed by atoms with Crippen molar-refractivity contribution in [3.8, 4) is 0 Å². The Morgan fingerprint density at radius 3 is 3.11 bits per heavy atom. The van der Waals surface area contributed by atoms with Crippen molar-refractivity contribution in [1.29, 1.82) is 0 Å². The number of nitrogens with one attached hydrogen (secondary N) is 1. The van der Waals surface area contributed by atoms with Gasteiger partial charge in [-0.15, -0.1) is 0 Å². The van der Waals surface area contributed by atoms with Crippen LogP contribution < -0.4 is 25.0 Å². The van der Waals surface area contributed by atoms with Crippen molar-refractivity contribution in [3.05, 3.63) is 10.2 Å². The molecule has 1 aliphatic heterocycles. The minimum atomic E-state index is 0.162. The number of hydrogen-bond acceptors (Lipinski definition) is 1. The van der Waals surface area contributed by atoms with Gasteiger partial charge in [0.05, 0.1) is 0 Å². The molecular formula is C7H13IN-. The van der Waals surface area contributed by atoms with Gasteiger partial charge in [-0.25, -0.2) is 0 Å². The Labute approximate surface area is 67.5 Å². The standard InChI is InChI=1S/C7H13IN/c1-7-5-3-2-4-6-9-8-7/h9H,1-6H2/q-1. The molecule has 0 radical (unpaired) electrons. The van der Waals surface area contributed by atoms with Crippen LogP contribution in [0.2, 0.25) is 0 Å². The second kappa shape index (κ2) is 4.28. The van der Waals surface area contributed by atoms with Crippen LogP contribution in [0.5, 0.6) is 0 Å². The third-order valence-electron chi connectivity index (χ3n) is 1.42. The molecule has 0 amide bonds. The van der Waals surface area contributed by atoms with E-state index in [1.807, 2.05) is 0 Å². The molecule has 0 aromatic carbocycles. The van der Waals surface area contributed by atoms with Gasteiger partial charge in [0.2, 0.25) is 0 Å².